The van der Waals surface area contributed by atoms with Crippen molar-refractivity contribution < 1.29 is 27.8 Å². The topological polar surface area (TPSA) is 51.0 Å². The summed E-state index contributed by atoms with van der Waals surface area (Å²) in [6, 6.07) is 21.0. The monoisotopic (exact) mass is 451 g/mol. The average Bonchev–Trinajstić information content (AvgIpc) is 2.82. The number of methoxy groups -OCH3 is 1. The Hall–Kier alpha value is -4.00. The molecular formula is C26H20F3NO3. The second kappa shape index (κ2) is 9.24. The van der Waals surface area contributed by atoms with Gasteiger partial charge >= 0.3 is 6.18 Å². The SMILES string of the molecule is COc1ccccc1COc1ccc(C(F)(F)F)cc1N=Cc1c(O)ccc2ccccc12. The number of phenols is 1. The van der Waals surface area contributed by atoms with Crippen LogP contribution in [0, 0.1) is 0 Å². The summed E-state index contributed by atoms with van der Waals surface area (Å²) in [7, 11) is 1.53. The highest BCUT2D eigenvalue weighted by Crippen LogP contribution is 2.37. The van der Waals surface area contributed by atoms with Crippen molar-refractivity contribution in [2.24, 2.45) is 4.99 Å². The summed E-state index contributed by atoms with van der Waals surface area (Å²) in [5.41, 5.74) is 0.288. The maximum absolute atomic E-state index is 13.3. The molecule has 0 aromatic heterocycles. The Bertz CT molecular complexity index is 1320. The van der Waals surface area contributed by atoms with Crippen molar-refractivity contribution in [3.8, 4) is 17.2 Å². The van der Waals surface area contributed by atoms with Gasteiger partial charge < -0.3 is 14.6 Å². The molecule has 0 aliphatic rings. The predicted molar refractivity (Wildman–Crippen MR) is 122 cm³/mol. The number of hydrogen-bond acceptors (Lipinski definition) is 4. The van der Waals surface area contributed by atoms with E-state index >= 15 is 0 Å². The molecule has 0 saturated carbocycles. The highest BCUT2D eigenvalue weighted by Gasteiger charge is 2.31. The van der Waals surface area contributed by atoms with Crippen LogP contribution in [0.3, 0.4) is 0 Å². The van der Waals surface area contributed by atoms with E-state index in [0.29, 0.717) is 11.3 Å². The number of alkyl halides is 3. The van der Waals surface area contributed by atoms with Gasteiger partial charge in [-0.3, -0.25) is 4.99 Å². The van der Waals surface area contributed by atoms with Crippen LogP contribution in [0.25, 0.3) is 10.8 Å². The lowest BCUT2D eigenvalue weighted by Gasteiger charge is -2.14. The van der Waals surface area contributed by atoms with E-state index in [2.05, 4.69) is 4.99 Å². The third-order valence-corrected chi connectivity index (χ3v) is 5.14. The molecule has 0 bridgehead atoms. The normalized spacial score (nSPS) is 11.8. The van der Waals surface area contributed by atoms with Crippen molar-refractivity contribution in [2.45, 2.75) is 12.8 Å². The Morgan fingerprint density at radius 2 is 1.67 bits per heavy atom. The summed E-state index contributed by atoms with van der Waals surface area (Å²) >= 11 is 0. The Kier molecular flexibility index (Phi) is 6.22. The molecule has 0 fully saturated rings. The molecule has 4 rings (SSSR count). The van der Waals surface area contributed by atoms with E-state index in [9.17, 15) is 18.3 Å². The zero-order valence-electron chi connectivity index (χ0n) is 17.6. The first kappa shape index (κ1) is 22.2. The molecule has 168 valence electrons. The van der Waals surface area contributed by atoms with E-state index < -0.39 is 11.7 Å². The number of para-hydroxylation sites is 1. The number of aliphatic imine (C=N–C) groups is 1. The molecule has 33 heavy (non-hydrogen) atoms. The van der Waals surface area contributed by atoms with Crippen molar-refractivity contribution in [1.82, 2.24) is 0 Å². The standard InChI is InChI=1S/C26H20F3NO3/c1-32-24-9-5-3-7-18(24)16-33-25-13-11-19(26(27,28)29)14-22(25)30-15-21-20-8-4-2-6-17(20)10-12-23(21)31/h2-15,31H,16H2,1H3. The fourth-order valence-electron chi connectivity index (χ4n) is 3.45. The van der Waals surface area contributed by atoms with Gasteiger partial charge in [0.15, 0.2) is 0 Å². The van der Waals surface area contributed by atoms with E-state index in [1.807, 2.05) is 36.4 Å². The van der Waals surface area contributed by atoms with Crippen LogP contribution in [0.5, 0.6) is 17.2 Å². The lowest BCUT2D eigenvalue weighted by molar-refractivity contribution is -0.137. The molecule has 0 radical (unpaired) electrons. The second-order valence-corrected chi connectivity index (χ2v) is 7.26. The first-order valence-electron chi connectivity index (χ1n) is 10.1. The summed E-state index contributed by atoms with van der Waals surface area (Å²) in [4.78, 5) is 4.28. The molecule has 0 amide bonds. The van der Waals surface area contributed by atoms with Gasteiger partial charge in [-0.25, -0.2) is 0 Å². The summed E-state index contributed by atoms with van der Waals surface area (Å²) in [6.45, 7) is 0.0808. The smallest absolute Gasteiger partial charge is 0.416 e. The number of halogens is 3. The molecule has 0 unspecified atom stereocenters. The van der Waals surface area contributed by atoms with Crippen LogP contribution in [0.4, 0.5) is 18.9 Å². The third-order valence-electron chi connectivity index (χ3n) is 5.14. The minimum Gasteiger partial charge on any atom is -0.507 e. The lowest BCUT2D eigenvalue weighted by atomic mass is 10.0. The van der Waals surface area contributed by atoms with E-state index in [1.54, 1.807) is 18.2 Å². The molecule has 0 atom stereocenters. The molecule has 0 aliphatic carbocycles. The van der Waals surface area contributed by atoms with Crippen LogP contribution in [-0.4, -0.2) is 18.4 Å². The molecule has 7 heteroatoms. The number of hydrogen-bond donors (Lipinski definition) is 1. The van der Waals surface area contributed by atoms with Crippen LogP contribution in [0.1, 0.15) is 16.7 Å². The second-order valence-electron chi connectivity index (χ2n) is 7.26. The van der Waals surface area contributed by atoms with Crippen LogP contribution >= 0.6 is 0 Å². The zero-order chi connectivity index (χ0) is 23.4. The maximum atomic E-state index is 13.3. The number of phenolic OH excluding ortho intramolecular Hbond substituents is 1. The van der Waals surface area contributed by atoms with E-state index in [1.165, 1.54) is 25.5 Å². The zero-order valence-corrected chi connectivity index (χ0v) is 17.6. The van der Waals surface area contributed by atoms with Crippen molar-refractivity contribution in [1.29, 1.82) is 0 Å². The van der Waals surface area contributed by atoms with E-state index in [4.69, 9.17) is 9.47 Å². The minimum absolute atomic E-state index is 0.00735. The molecule has 4 nitrogen and oxygen atoms in total. The molecule has 0 heterocycles. The quantitative estimate of drug-likeness (QED) is 0.324. The lowest BCUT2D eigenvalue weighted by Crippen LogP contribution is -2.05. The summed E-state index contributed by atoms with van der Waals surface area (Å²) in [5.74, 6) is 0.751. The Morgan fingerprint density at radius 1 is 0.909 bits per heavy atom. The molecule has 0 aliphatic heterocycles. The average molecular weight is 451 g/mol. The number of nitrogens with zero attached hydrogens (tertiary/aromatic N) is 1. The molecule has 4 aromatic rings. The first-order valence-corrected chi connectivity index (χ1v) is 10.1. The summed E-state index contributed by atoms with van der Waals surface area (Å²) in [6.07, 6.45) is -3.18. The van der Waals surface area contributed by atoms with Crippen molar-refractivity contribution in [2.75, 3.05) is 7.11 Å². The van der Waals surface area contributed by atoms with Crippen molar-refractivity contribution in [3.63, 3.8) is 0 Å². The van der Waals surface area contributed by atoms with Crippen LogP contribution < -0.4 is 9.47 Å². The molecule has 4 aromatic carbocycles. The highest BCUT2D eigenvalue weighted by atomic mass is 19.4. The predicted octanol–water partition coefficient (Wildman–Crippen LogP) is 6.90. The Morgan fingerprint density at radius 3 is 2.45 bits per heavy atom. The largest absolute Gasteiger partial charge is 0.507 e. The summed E-state index contributed by atoms with van der Waals surface area (Å²) < 4.78 is 51.1. The molecule has 0 spiro atoms. The van der Waals surface area contributed by atoms with Crippen LogP contribution in [0.15, 0.2) is 83.9 Å². The van der Waals surface area contributed by atoms with Gasteiger partial charge in [-0.05, 0) is 41.1 Å². The maximum Gasteiger partial charge on any atom is 0.416 e. The van der Waals surface area contributed by atoms with Gasteiger partial charge in [0.25, 0.3) is 0 Å². The van der Waals surface area contributed by atoms with Gasteiger partial charge in [-0.15, -0.1) is 0 Å². The molecule has 0 saturated heterocycles. The Balaban J connectivity index is 1.72. The Labute approximate surface area is 188 Å². The van der Waals surface area contributed by atoms with Gasteiger partial charge in [-0.2, -0.15) is 13.2 Å². The van der Waals surface area contributed by atoms with Gasteiger partial charge in [0.2, 0.25) is 0 Å². The van der Waals surface area contributed by atoms with Gasteiger partial charge in [-0.1, -0.05) is 48.5 Å². The van der Waals surface area contributed by atoms with E-state index in [-0.39, 0.29) is 23.8 Å². The highest BCUT2D eigenvalue weighted by molar-refractivity contribution is 6.03. The summed E-state index contributed by atoms with van der Waals surface area (Å²) in [5, 5.41) is 11.9. The van der Waals surface area contributed by atoms with Gasteiger partial charge in [0.1, 0.15) is 29.5 Å². The van der Waals surface area contributed by atoms with Gasteiger partial charge in [0.05, 0.1) is 12.7 Å². The number of fused-ring (bicyclic) bond motifs is 1. The number of aromatic hydroxyl groups is 1. The van der Waals surface area contributed by atoms with Gasteiger partial charge in [0, 0.05) is 17.3 Å². The van der Waals surface area contributed by atoms with Crippen LogP contribution in [-0.2, 0) is 12.8 Å². The number of ether oxygens (including phenoxy) is 2. The number of benzene rings is 4. The van der Waals surface area contributed by atoms with E-state index in [0.717, 1.165) is 28.5 Å². The molecular weight excluding hydrogens is 431 g/mol. The van der Waals surface area contributed by atoms with Crippen molar-refractivity contribution >= 4 is 22.7 Å². The fraction of sp³-hybridized carbons (Fsp3) is 0.115. The number of rotatable bonds is 6. The molecule has 1 N–H and O–H groups in total. The first-order chi connectivity index (χ1) is 15.9. The third kappa shape index (κ3) is 4.92. The fourth-order valence-corrected chi connectivity index (χ4v) is 3.45. The minimum atomic E-state index is -4.53. The van der Waals surface area contributed by atoms with Crippen molar-refractivity contribution in [3.05, 3.63) is 95.6 Å². The van der Waals surface area contributed by atoms with Crippen LogP contribution in [0.2, 0.25) is 0 Å².